The van der Waals surface area contributed by atoms with Gasteiger partial charge in [0.2, 0.25) is 11.8 Å². The Morgan fingerprint density at radius 3 is 2.20 bits per heavy atom. The lowest BCUT2D eigenvalue weighted by molar-refractivity contribution is -0.139. The molecule has 0 saturated heterocycles. The van der Waals surface area contributed by atoms with Gasteiger partial charge in [0.15, 0.2) is 0 Å². The van der Waals surface area contributed by atoms with E-state index in [1.807, 2.05) is 0 Å². The summed E-state index contributed by atoms with van der Waals surface area (Å²) in [6.45, 7) is 1.18. The van der Waals surface area contributed by atoms with Gasteiger partial charge in [0.1, 0.15) is 24.2 Å². The fourth-order valence-electron chi connectivity index (χ4n) is 4.76. The number of sulfonamides is 1. The second-order valence-corrected chi connectivity index (χ2v) is 11.7. The van der Waals surface area contributed by atoms with Crippen molar-refractivity contribution in [3.05, 3.63) is 90.2 Å². The van der Waals surface area contributed by atoms with Gasteiger partial charge in [0, 0.05) is 12.6 Å². The summed E-state index contributed by atoms with van der Waals surface area (Å²) in [5, 5.41) is 3.04. The molecule has 3 aromatic carbocycles. The number of hydrogen-bond donors (Lipinski definition) is 1. The molecule has 0 aliphatic heterocycles. The molecule has 4 rings (SSSR count). The van der Waals surface area contributed by atoms with E-state index < -0.39 is 34.3 Å². The molecule has 0 aromatic heterocycles. The van der Waals surface area contributed by atoms with Crippen LogP contribution in [0.25, 0.3) is 0 Å². The molecule has 40 heavy (non-hydrogen) atoms. The summed E-state index contributed by atoms with van der Waals surface area (Å²) in [6.07, 6.45) is 3.87. The number of nitrogens with zero attached hydrogens (tertiary/aromatic N) is 2. The molecule has 8 nitrogen and oxygen atoms in total. The third-order valence-electron chi connectivity index (χ3n) is 7.11. The van der Waals surface area contributed by atoms with Crippen LogP contribution in [0.2, 0.25) is 0 Å². The molecule has 3 aromatic rings. The second kappa shape index (κ2) is 13.0. The van der Waals surface area contributed by atoms with Crippen LogP contribution < -0.4 is 14.4 Å². The lowest BCUT2D eigenvalue weighted by atomic mass is 10.1. The van der Waals surface area contributed by atoms with Gasteiger partial charge in [-0.1, -0.05) is 43.2 Å². The fourth-order valence-corrected chi connectivity index (χ4v) is 6.17. The lowest BCUT2D eigenvalue weighted by Gasteiger charge is -2.32. The van der Waals surface area contributed by atoms with Gasteiger partial charge in [-0.2, -0.15) is 0 Å². The minimum atomic E-state index is -4.24. The highest BCUT2D eigenvalue weighted by Gasteiger charge is 2.33. The quantitative estimate of drug-likeness (QED) is 0.368. The van der Waals surface area contributed by atoms with Crippen molar-refractivity contribution >= 4 is 27.5 Å². The average Bonchev–Trinajstić information content (AvgIpc) is 3.48. The minimum Gasteiger partial charge on any atom is -0.497 e. The van der Waals surface area contributed by atoms with E-state index in [0.29, 0.717) is 5.75 Å². The minimum absolute atomic E-state index is 0.0626. The smallest absolute Gasteiger partial charge is 0.264 e. The van der Waals surface area contributed by atoms with Crippen LogP contribution >= 0.6 is 0 Å². The molecule has 0 heterocycles. The molecule has 0 spiro atoms. The molecular formula is C30H34FN3O5S. The summed E-state index contributed by atoms with van der Waals surface area (Å²) in [5.41, 5.74) is 1.02. The first-order valence-corrected chi connectivity index (χ1v) is 14.7. The van der Waals surface area contributed by atoms with Crippen molar-refractivity contribution in [2.75, 3.05) is 18.0 Å². The third kappa shape index (κ3) is 6.98. The maximum Gasteiger partial charge on any atom is 0.264 e. The van der Waals surface area contributed by atoms with E-state index >= 15 is 0 Å². The van der Waals surface area contributed by atoms with E-state index in [1.54, 1.807) is 68.6 Å². The van der Waals surface area contributed by atoms with Crippen molar-refractivity contribution in [1.29, 1.82) is 0 Å². The number of nitrogens with one attached hydrogen (secondary N) is 1. The number of benzene rings is 3. The van der Waals surface area contributed by atoms with Gasteiger partial charge in [0.25, 0.3) is 10.0 Å². The zero-order chi connectivity index (χ0) is 28.7. The Hall–Kier alpha value is -3.92. The van der Waals surface area contributed by atoms with Crippen LogP contribution in [0, 0.1) is 5.82 Å². The maximum absolute atomic E-state index is 13.9. The summed E-state index contributed by atoms with van der Waals surface area (Å²) in [6, 6.07) is 19.0. The normalized spacial score (nSPS) is 14.4. The van der Waals surface area contributed by atoms with Crippen molar-refractivity contribution < 1.29 is 27.1 Å². The van der Waals surface area contributed by atoms with Gasteiger partial charge in [-0.3, -0.25) is 13.9 Å². The van der Waals surface area contributed by atoms with Crippen LogP contribution in [0.15, 0.2) is 83.8 Å². The average molecular weight is 568 g/mol. The molecular weight excluding hydrogens is 533 g/mol. The van der Waals surface area contributed by atoms with Crippen LogP contribution in [0.5, 0.6) is 5.75 Å². The molecule has 1 saturated carbocycles. The third-order valence-corrected chi connectivity index (χ3v) is 8.89. The number of halogens is 1. The number of amides is 2. The maximum atomic E-state index is 13.9. The molecule has 1 N–H and O–H groups in total. The lowest BCUT2D eigenvalue weighted by Crippen LogP contribution is -2.52. The van der Waals surface area contributed by atoms with Gasteiger partial charge in [-0.15, -0.1) is 0 Å². The topological polar surface area (TPSA) is 96.0 Å². The Bertz CT molecular complexity index is 1390. The molecule has 1 aliphatic rings. The number of rotatable bonds is 11. The number of carbonyl (C=O) groups excluding carboxylic acids is 2. The summed E-state index contributed by atoms with van der Waals surface area (Å²) in [7, 11) is -2.69. The first-order chi connectivity index (χ1) is 19.2. The van der Waals surface area contributed by atoms with Crippen molar-refractivity contribution in [3.63, 3.8) is 0 Å². The van der Waals surface area contributed by atoms with Gasteiger partial charge >= 0.3 is 0 Å². The number of hydrogen-bond acceptors (Lipinski definition) is 5. The Morgan fingerprint density at radius 1 is 0.975 bits per heavy atom. The van der Waals surface area contributed by atoms with Gasteiger partial charge in [0.05, 0.1) is 17.7 Å². The first kappa shape index (κ1) is 29.1. The number of anilines is 1. The predicted octanol–water partition coefficient (Wildman–Crippen LogP) is 4.51. The number of para-hydroxylation sites is 1. The fraction of sp³-hybridized carbons (Fsp3) is 0.333. The van der Waals surface area contributed by atoms with Crippen molar-refractivity contribution in [1.82, 2.24) is 10.2 Å². The summed E-state index contributed by atoms with van der Waals surface area (Å²) >= 11 is 0. The molecule has 1 fully saturated rings. The van der Waals surface area contributed by atoms with E-state index in [1.165, 1.54) is 4.90 Å². The number of carbonyl (C=O) groups is 2. The van der Waals surface area contributed by atoms with Crippen LogP contribution in [-0.4, -0.2) is 50.9 Å². The van der Waals surface area contributed by atoms with E-state index in [-0.39, 0.29) is 29.1 Å². The Labute approximate surface area is 234 Å². The van der Waals surface area contributed by atoms with Gasteiger partial charge < -0.3 is 15.0 Å². The zero-order valence-electron chi connectivity index (χ0n) is 22.6. The van der Waals surface area contributed by atoms with Gasteiger partial charge in [-0.05, 0) is 73.9 Å². The molecule has 0 radical (unpaired) electrons. The van der Waals surface area contributed by atoms with Crippen LogP contribution in [0.4, 0.5) is 10.1 Å². The Morgan fingerprint density at radius 2 is 1.60 bits per heavy atom. The van der Waals surface area contributed by atoms with Crippen LogP contribution in [-0.2, 0) is 26.2 Å². The highest BCUT2D eigenvalue weighted by Crippen LogP contribution is 2.25. The van der Waals surface area contributed by atoms with E-state index in [2.05, 4.69) is 5.32 Å². The van der Waals surface area contributed by atoms with Crippen molar-refractivity contribution in [3.8, 4) is 5.75 Å². The summed E-state index contributed by atoms with van der Waals surface area (Å²) in [4.78, 5) is 28.4. The van der Waals surface area contributed by atoms with Crippen LogP contribution in [0.1, 0.15) is 38.2 Å². The van der Waals surface area contributed by atoms with Crippen molar-refractivity contribution in [2.24, 2.45) is 0 Å². The molecule has 10 heteroatoms. The molecule has 1 atom stereocenters. The second-order valence-electron chi connectivity index (χ2n) is 9.84. The summed E-state index contributed by atoms with van der Waals surface area (Å²) in [5.74, 6) is -0.774. The molecule has 0 unspecified atom stereocenters. The van der Waals surface area contributed by atoms with Gasteiger partial charge in [-0.25, -0.2) is 12.8 Å². The predicted molar refractivity (Wildman–Crippen MR) is 151 cm³/mol. The standard InChI is InChI=1S/C30H34FN3O5S/c1-22(30(36)32-25-8-6-7-9-25)33(20-23-12-16-27(39-2)17-13-23)29(35)21-34(26-10-4-3-5-11-26)40(37,38)28-18-14-24(31)15-19-28/h3-5,10-19,22,25H,6-9,20-21H2,1-2H3,(H,32,36)/t22-/m1/s1. The molecule has 2 amide bonds. The Kier molecular flexibility index (Phi) is 9.42. The van der Waals surface area contributed by atoms with E-state index in [9.17, 15) is 22.4 Å². The largest absolute Gasteiger partial charge is 0.497 e. The van der Waals surface area contributed by atoms with Crippen LogP contribution in [0.3, 0.4) is 0 Å². The zero-order valence-corrected chi connectivity index (χ0v) is 23.4. The summed E-state index contributed by atoms with van der Waals surface area (Å²) < 4.78 is 47.2. The number of ether oxygens (including phenoxy) is 1. The first-order valence-electron chi connectivity index (χ1n) is 13.2. The van der Waals surface area contributed by atoms with E-state index in [0.717, 1.165) is 59.8 Å². The number of methoxy groups -OCH3 is 1. The highest BCUT2D eigenvalue weighted by atomic mass is 32.2. The molecule has 212 valence electrons. The Balaban J connectivity index is 1.66. The monoisotopic (exact) mass is 567 g/mol. The molecule has 1 aliphatic carbocycles. The highest BCUT2D eigenvalue weighted by molar-refractivity contribution is 7.92. The molecule has 0 bridgehead atoms. The van der Waals surface area contributed by atoms with Crippen molar-refractivity contribution in [2.45, 2.75) is 56.1 Å². The SMILES string of the molecule is COc1ccc(CN(C(=O)CN(c2ccccc2)S(=O)(=O)c2ccc(F)cc2)[C@H](C)C(=O)NC2CCCC2)cc1. The van der Waals surface area contributed by atoms with E-state index in [4.69, 9.17) is 4.74 Å².